The third-order valence-corrected chi connectivity index (χ3v) is 3.10. The second kappa shape index (κ2) is 5.48. The standard InChI is InChI=1S/C13H15ClN2O3/c1-16(7-12(18)15-9-3-4-9)13(19)10-5-2-8(14)6-11(10)17/h2,5-6,9,17H,3-4,7H2,1H3,(H,15,18). The first-order valence-corrected chi connectivity index (χ1v) is 6.38. The fourth-order valence-corrected chi connectivity index (χ4v) is 1.85. The summed E-state index contributed by atoms with van der Waals surface area (Å²) in [6, 6.07) is 4.52. The molecule has 0 radical (unpaired) electrons. The van der Waals surface area contributed by atoms with Crippen molar-refractivity contribution in [2.24, 2.45) is 0 Å². The molecule has 5 nitrogen and oxygen atoms in total. The molecular formula is C13H15ClN2O3. The van der Waals surface area contributed by atoms with Crippen LogP contribution in [0.3, 0.4) is 0 Å². The van der Waals surface area contributed by atoms with Crippen molar-refractivity contribution in [3.63, 3.8) is 0 Å². The highest BCUT2D eigenvalue weighted by molar-refractivity contribution is 6.30. The van der Waals surface area contributed by atoms with Gasteiger partial charge in [0.05, 0.1) is 12.1 Å². The molecule has 2 amide bonds. The Bertz CT molecular complexity index is 515. The zero-order valence-electron chi connectivity index (χ0n) is 10.5. The molecule has 102 valence electrons. The number of benzene rings is 1. The van der Waals surface area contributed by atoms with E-state index in [-0.39, 0.29) is 29.8 Å². The predicted octanol–water partition coefficient (Wildman–Crippen LogP) is 1.40. The van der Waals surface area contributed by atoms with Crippen LogP contribution in [-0.4, -0.2) is 41.5 Å². The van der Waals surface area contributed by atoms with Crippen molar-refractivity contribution in [1.82, 2.24) is 10.2 Å². The van der Waals surface area contributed by atoms with E-state index in [0.717, 1.165) is 12.8 Å². The highest BCUT2D eigenvalue weighted by Gasteiger charge is 2.25. The summed E-state index contributed by atoms with van der Waals surface area (Å²) in [5, 5.41) is 12.8. The minimum atomic E-state index is -0.417. The van der Waals surface area contributed by atoms with Gasteiger partial charge in [-0.25, -0.2) is 0 Å². The third-order valence-electron chi connectivity index (χ3n) is 2.86. The number of aromatic hydroxyl groups is 1. The van der Waals surface area contributed by atoms with Gasteiger partial charge in [-0.1, -0.05) is 11.6 Å². The molecular weight excluding hydrogens is 268 g/mol. The van der Waals surface area contributed by atoms with Crippen molar-refractivity contribution < 1.29 is 14.7 Å². The number of phenols is 1. The van der Waals surface area contributed by atoms with Gasteiger partial charge in [-0.2, -0.15) is 0 Å². The fourth-order valence-electron chi connectivity index (χ4n) is 1.68. The summed E-state index contributed by atoms with van der Waals surface area (Å²) in [5.74, 6) is -0.793. The van der Waals surface area contributed by atoms with Crippen LogP contribution in [0.2, 0.25) is 5.02 Å². The van der Waals surface area contributed by atoms with Gasteiger partial charge in [-0.3, -0.25) is 9.59 Å². The molecule has 1 aliphatic rings. The van der Waals surface area contributed by atoms with Crippen LogP contribution in [0.1, 0.15) is 23.2 Å². The van der Waals surface area contributed by atoms with Crippen LogP contribution >= 0.6 is 11.6 Å². The van der Waals surface area contributed by atoms with Gasteiger partial charge in [-0.15, -0.1) is 0 Å². The van der Waals surface area contributed by atoms with Crippen molar-refractivity contribution >= 4 is 23.4 Å². The maximum absolute atomic E-state index is 12.1. The largest absolute Gasteiger partial charge is 0.507 e. The maximum Gasteiger partial charge on any atom is 0.257 e. The normalized spacial score (nSPS) is 14.0. The number of phenolic OH excluding ortho intramolecular Hbond substituents is 1. The molecule has 6 heteroatoms. The van der Waals surface area contributed by atoms with E-state index in [1.54, 1.807) is 0 Å². The number of nitrogens with one attached hydrogen (secondary N) is 1. The Morgan fingerprint density at radius 1 is 1.47 bits per heavy atom. The molecule has 1 aromatic rings. The first kappa shape index (κ1) is 13.7. The van der Waals surface area contributed by atoms with Gasteiger partial charge in [0.25, 0.3) is 5.91 Å². The Hall–Kier alpha value is -1.75. The minimum Gasteiger partial charge on any atom is -0.507 e. The summed E-state index contributed by atoms with van der Waals surface area (Å²) in [5.41, 5.74) is 0.131. The second-order valence-corrected chi connectivity index (χ2v) is 5.10. The SMILES string of the molecule is CN(CC(=O)NC1CC1)C(=O)c1ccc(Cl)cc1O. The lowest BCUT2D eigenvalue weighted by molar-refractivity contribution is -0.121. The molecule has 0 unspecified atom stereocenters. The Balaban J connectivity index is 1.99. The summed E-state index contributed by atoms with van der Waals surface area (Å²) in [4.78, 5) is 24.9. The second-order valence-electron chi connectivity index (χ2n) is 4.66. The van der Waals surface area contributed by atoms with Gasteiger partial charge >= 0.3 is 0 Å². The van der Waals surface area contributed by atoms with Crippen LogP contribution in [0.15, 0.2) is 18.2 Å². The van der Waals surface area contributed by atoms with Crippen LogP contribution in [0.5, 0.6) is 5.75 Å². The van der Waals surface area contributed by atoms with Crippen molar-refractivity contribution in [2.75, 3.05) is 13.6 Å². The average Bonchev–Trinajstić information content (AvgIpc) is 3.11. The predicted molar refractivity (Wildman–Crippen MR) is 71.2 cm³/mol. The van der Waals surface area contributed by atoms with E-state index in [4.69, 9.17) is 11.6 Å². The Morgan fingerprint density at radius 2 is 2.16 bits per heavy atom. The van der Waals surface area contributed by atoms with Gasteiger partial charge in [-0.05, 0) is 31.0 Å². The van der Waals surface area contributed by atoms with Gasteiger partial charge in [0.1, 0.15) is 5.75 Å². The molecule has 19 heavy (non-hydrogen) atoms. The zero-order valence-corrected chi connectivity index (χ0v) is 11.3. The number of nitrogens with zero attached hydrogens (tertiary/aromatic N) is 1. The molecule has 0 bridgehead atoms. The Morgan fingerprint density at radius 3 is 2.74 bits per heavy atom. The van der Waals surface area contributed by atoms with E-state index < -0.39 is 5.91 Å². The topological polar surface area (TPSA) is 69.6 Å². The number of hydrogen-bond donors (Lipinski definition) is 2. The molecule has 0 atom stereocenters. The zero-order chi connectivity index (χ0) is 14.0. The average molecular weight is 283 g/mol. The van der Waals surface area contributed by atoms with Crippen molar-refractivity contribution in [2.45, 2.75) is 18.9 Å². The molecule has 0 aliphatic heterocycles. The summed E-state index contributed by atoms with van der Waals surface area (Å²) in [6.07, 6.45) is 2.00. The highest BCUT2D eigenvalue weighted by atomic mass is 35.5. The molecule has 1 fully saturated rings. The smallest absolute Gasteiger partial charge is 0.257 e. The van der Waals surface area contributed by atoms with Crippen molar-refractivity contribution in [3.05, 3.63) is 28.8 Å². The van der Waals surface area contributed by atoms with Crippen LogP contribution in [0.25, 0.3) is 0 Å². The molecule has 0 heterocycles. The van der Waals surface area contributed by atoms with Crippen LogP contribution < -0.4 is 5.32 Å². The molecule has 0 saturated heterocycles. The number of carbonyl (C=O) groups is 2. The summed E-state index contributed by atoms with van der Waals surface area (Å²) < 4.78 is 0. The van der Waals surface area contributed by atoms with Crippen LogP contribution in [0, 0.1) is 0 Å². The molecule has 2 rings (SSSR count). The number of amides is 2. The lowest BCUT2D eigenvalue weighted by atomic mass is 10.2. The van der Waals surface area contributed by atoms with Crippen LogP contribution in [0.4, 0.5) is 0 Å². The molecule has 0 spiro atoms. The van der Waals surface area contributed by atoms with Crippen molar-refractivity contribution in [1.29, 1.82) is 0 Å². The number of carbonyl (C=O) groups excluding carboxylic acids is 2. The first-order chi connectivity index (χ1) is 8.97. The van der Waals surface area contributed by atoms with Gasteiger partial charge in [0.15, 0.2) is 0 Å². The minimum absolute atomic E-state index is 0.0304. The maximum atomic E-state index is 12.1. The first-order valence-electron chi connectivity index (χ1n) is 6.00. The van der Waals surface area contributed by atoms with E-state index in [0.29, 0.717) is 5.02 Å². The van der Waals surface area contributed by atoms with E-state index in [2.05, 4.69) is 5.32 Å². The number of hydrogen-bond acceptors (Lipinski definition) is 3. The van der Waals surface area contributed by atoms with E-state index in [1.807, 2.05) is 0 Å². The molecule has 1 saturated carbocycles. The Labute approximate surface area is 116 Å². The number of rotatable bonds is 4. The fraction of sp³-hybridized carbons (Fsp3) is 0.385. The molecule has 0 aromatic heterocycles. The van der Waals surface area contributed by atoms with Crippen LogP contribution in [-0.2, 0) is 4.79 Å². The summed E-state index contributed by atoms with van der Waals surface area (Å²) >= 11 is 5.70. The van der Waals surface area contributed by atoms with E-state index in [1.165, 1.54) is 30.1 Å². The van der Waals surface area contributed by atoms with E-state index >= 15 is 0 Å². The monoisotopic (exact) mass is 282 g/mol. The number of likely N-dealkylation sites (N-methyl/N-ethyl adjacent to an activating group) is 1. The van der Waals surface area contributed by atoms with Crippen molar-refractivity contribution in [3.8, 4) is 5.75 Å². The van der Waals surface area contributed by atoms with E-state index in [9.17, 15) is 14.7 Å². The lowest BCUT2D eigenvalue weighted by Crippen LogP contribution is -2.39. The number of halogens is 1. The van der Waals surface area contributed by atoms with Gasteiger partial charge < -0.3 is 15.3 Å². The van der Waals surface area contributed by atoms with Gasteiger partial charge in [0, 0.05) is 18.1 Å². The lowest BCUT2D eigenvalue weighted by Gasteiger charge is -2.17. The van der Waals surface area contributed by atoms with Gasteiger partial charge in [0.2, 0.25) is 5.91 Å². The molecule has 2 N–H and O–H groups in total. The Kier molecular flexibility index (Phi) is 3.95. The highest BCUT2D eigenvalue weighted by Crippen LogP contribution is 2.23. The molecule has 1 aromatic carbocycles. The quantitative estimate of drug-likeness (QED) is 0.877. The third kappa shape index (κ3) is 3.61. The summed E-state index contributed by atoms with van der Waals surface area (Å²) in [7, 11) is 1.52. The molecule has 1 aliphatic carbocycles. The summed E-state index contributed by atoms with van der Waals surface area (Å²) in [6.45, 7) is -0.0304.